The molecule has 1 unspecified atom stereocenters. The molecule has 1 atom stereocenters. The maximum absolute atomic E-state index is 8.52. The molecule has 0 amide bonds. The summed E-state index contributed by atoms with van der Waals surface area (Å²) in [6, 6.07) is 2.01. The minimum absolute atomic E-state index is 0.557. The van der Waals surface area contributed by atoms with Crippen molar-refractivity contribution in [1.82, 2.24) is 0 Å². The van der Waals surface area contributed by atoms with Crippen LogP contribution in [0.15, 0.2) is 35.1 Å². The second-order valence-corrected chi connectivity index (χ2v) is 2.77. The first-order valence-corrected chi connectivity index (χ1v) is 3.99. The van der Waals surface area contributed by atoms with Crippen LogP contribution in [0.5, 0.6) is 0 Å². The van der Waals surface area contributed by atoms with Gasteiger partial charge in [-0.25, -0.2) is 0 Å². The fraction of sp³-hybridized carbons (Fsp3) is 0. The summed E-state index contributed by atoms with van der Waals surface area (Å²) in [7, 11) is 0.593. The van der Waals surface area contributed by atoms with Gasteiger partial charge in [0.05, 0.1) is 5.57 Å². The van der Waals surface area contributed by atoms with Gasteiger partial charge >= 0.3 is 0 Å². The van der Waals surface area contributed by atoms with Crippen molar-refractivity contribution in [2.45, 2.75) is 0 Å². The molecule has 0 aromatic heterocycles. The van der Waals surface area contributed by atoms with Crippen LogP contribution in [-0.2, 0) is 0 Å². The predicted molar refractivity (Wildman–Crippen MR) is 43.4 cm³/mol. The Hall–Kier alpha value is -1.06. The minimum Gasteiger partial charge on any atom is -0.398 e. The van der Waals surface area contributed by atoms with Crippen LogP contribution < -0.4 is 5.73 Å². The van der Waals surface area contributed by atoms with Crippen molar-refractivity contribution in [2.75, 3.05) is 0 Å². The van der Waals surface area contributed by atoms with Gasteiger partial charge in [0.15, 0.2) is 0 Å². The van der Waals surface area contributed by atoms with Crippen molar-refractivity contribution in [1.29, 1.82) is 5.26 Å². The normalized spacial score (nSPS) is 19.1. The summed E-state index contributed by atoms with van der Waals surface area (Å²) in [5.41, 5.74) is 6.67. The zero-order chi connectivity index (χ0) is 7.40. The third kappa shape index (κ3) is 1.46. The second-order valence-electron chi connectivity index (χ2n) is 1.82. The molecule has 0 saturated heterocycles. The molecule has 0 aromatic carbocycles. The van der Waals surface area contributed by atoms with Gasteiger partial charge in [-0.1, -0.05) is 20.5 Å². The number of hydrogen-bond acceptors (Lipinski definition) is 2. The maximum atomic E-state index is 8.52. The molecule has 0 spiro atoms. The van der Waals surface area contributed by atoms with Crippen LogP contribution in [0.1, 0.15) is 0 Å². The summed E-state index contributed by atoms with van der Waals surface area (Å²) in [6.45, 7) is 0. The fourth-order valence-electron chi connectivity index (χ4n) is 0.614. The van der Waals surface area contributed by atoms with Crippen molar-refractivity contribution >= 4 is 8.58 Å². The number of nitrogens with zero attached hydrogens (tertiary/aromatic N) is 1. The predicted octanol–water partition coefficient (Wildman–Crippen LogP) is 1.44. The van der Waals surface area contributed by atoms with E-state index in [0.29, 0.717) is 19.9 Å². The van der Waals surface area contributed by atoms with Crippen molar-refractivity contribution < 1.29 is 0 Å². The standard InChI is InChI=1S/C7H7N2P/c8-4-6-2-1-3-10-5-7(6)9/h1-3,5,10H,9H2. The van der Waals surface area contributed by atoms with E-state index >= 15 is 0 Å². The molecular formula is C7H7N2P. The molecular weight excluding hydrogens is 143 g/mol. The van der Waals surface area contributed by atoms with E-state index in [2.05, 4.69) is 0 Å². The van der Waals surface area contributed by atoms with Crippen LogP contribution in [0.4, 0.5) is 0 Å². The highest BCUT2D eigenvalue weighted by molar-refractivity contribution is 7.45. The summed E-state index contributed by atoms with van der Waals surface area (Å²) >= 11 is 0. The van der Waals surface area contributed by atoms with Crippen LogP contribution in [0.25, 0.3) is 0 Å². The van der Waals surface area contributed by atoms with E-state index in [0.717, 1.165) is 0 Å². The van der Waals surface area contributed by atoms with Crippen molar-refractivity contribution in [2.24, 2.45) is 5.73 Å². The van der Waals surface area contributed by atoms with Gasteiger partial charge in [0.1, 0.15) is 6.07 Å². The zero-order valence-electron chi connectivity index (χ0n) is 5.33. The molecule has 0 saturated carbocycles. The lowest BCUT2D eigenvalue weighted by Gasteiger charge is -1.92. The Bertz CT molecular complexity index is 255. The van der Waals surface area contributed by atoms with Gasteiger partial charge in [-0.05, 0) is 11.9 Å². The third-order valence-electron chi connectivity index (χ3n) is 1.13. The van der Waals surface area contributed by atoms with E-state index in [1.807, 2.05) is 23.8 Å². The molecule has 0 radical (unpaired) electrons. The first-order valence-electron chi connectivity index (χ1n) is 2.83. The van der Waals surface area contributed by atoms with Crippen LogP contribution in [0, 0.1) is 11.3 Å². The van der Waals surface area contributed by atoms with Crippen LogP contribution in [0.3, 0.4) is 0 Å². The number of rotatable bonds is 0. The molecule has 1 aliphatic rings. The quantitative estimate of drug-likeness (QED) is 0.531. The van der Waals surface area contributed by atoms with Crippen LogP contribution >= 0.6 is 8.58 Å². The Labute approximate surface area is 61.5 Å². The first-order chi connectivity index (χ1) is 4.84. The summed E-state index contributed by atoms with van der Waals surface area (Å²) in [4.78, 5) is 0. The smallest absolute Gasteiger partial charge is 0.101 e. The summed E-state index contributed by atoms with van der Waals surface area (Å²) in [5, 5.41) is 8.52. The van der Waals surface area contributed by atoms with E-state index < -0.39 is 0 Å². The Morgan fingerprint density at radius 1 is 1.60 bits per heavy atom. The van der Waals surface area contributed by atoms with Gasteiger partial charge in [-0.3, -0.25) is 0 Å². The number of allylic oxidation sites excluding steroid dienone is 3. The van der Waals surface area contributed by atoms with Crippen LogP contribution in [-0.4, -0.2) is 0 Å². The molecule has 1 rings (SSSR count). The largest absolute Gasteiger partial charge is 0.398 e. The lowest BCUT2D eigenvalue weighted by atomic mass is 10.2. The van der Waals surface area contributed by atoms with E-state index in [-0.39, 0.29) is 0 Å². The molecule has 0 aliphatic carbocycles. The number of nitrogens with two attached hydrogens (primary N) is 1. The molecule has 3 heteroatoms. The van der Waals surface area contributed by atoms with Crippen molar-refractivity contribution in [3.8, 4) is 6.07 Å². The van der Waals surface area contributed by atoms with Crippen molar-refractivity contribution in [3.63, 3.8) is 0 Å². The summed E-state index contributed by atoms with van der Waals surface area (Å²) in [6.07, 6.45) is 3.58. The van der Waals surface area contributed by atoms with Gasteiger partial charge in [-0.15, -0.1) is 0 Å². The highest BCUT2D eigenvalue weighted by Crippen LogP contribution is 2.21. The topological polar surface area (TPSA) is 49.8 Å². The Morgan fingerprint density at radius 2 is 2.40 bits per heavy atom. The van der Waals surface area contributed by atoms with Gasteiger partial charge in [-0.2, -0.15) is 5.26 Å². The fourth-order valence-corrected chi connectivity index (χ4v) is 1.25. The molecule has 0 aromatic rings. The monoisotopic (exact) mass is 150 g/mol. The van der Waals surface area contributed by atoms with Crippen LogP contribution in [0.2, 0.25) is 0 Å². The molecule has 10 heavy (non-hydrogen) atoms. The first kappa shape index (κ1) is 7.05. The lowest BCUT2D eigenvalue weighted by molar-refractivity contribution is 1.36. The molecule has 1 heterocycles. The van der Waals surface area contributed by atoms with E-state index in [1.54, 1.807) is 6.08 Å². The van der Waals surface area contributed by atoms with Gasteiger partial charge in [0.2, 0.25) is 0 Å². The van der Waals surface area contributed by atoms with Gasteiger partial charge < -0.3 is 5.73 Å². The van der Waals surface area contributed by atoms with E-state index in [1.165, 1.54) is 0 Å². The Balaban J connectivity index is 2.96. The highest BCUT2D eigenvalue weighted by Gasteiger charge is 1.98. The van der Waals surface area contributed by atoms with Gasteiger partial charge in [0, 0.05) is 5.70 Å². The number of hydrogen-bond donors (Lipinski definition) is 1. The molecule has 0 bridgehead atoms. The van der Waals surface area contributed by atoms with E-state index in [9.17, 15) is 0 Å². The van der Waals surface area contributed by atoms with Gasteiger partial charge in [0.25, 0.3) is 0 Å². The molecule has 2 N–H and O–H groups in total. The molecule has 2 nitrogen and oxygen atoms in total. The maximum Gasteiger partial charge on any atom is 0.101 e. The zero-order valence-corrected chi connectivity index (χ0v) is 6.33. The Morgan fingerprint density at radius 3 is 3.10 bits per heavy atom. The SMILES string of the molecule is N#CC1=CC=CPC=C1N. The third-order valence-corrected chi connectivity index (χ3v) is 1.99. The molecule has 0 fully saturated rings. The number of nitriles is 1. The minimum atomic E-state index is 0.557. The second kappa shape index (κ2) is 3.20. The summed E-state index contributed by atoms with van der Waals surface area (Å²) < 4.78 is 0. The Kier molecular flexibility index (Phi) is 2.25. The molecule has 1 aliphatic heterocycles. The average molecular weight is 150 g/mol. The molecule has 50 valence electrons. The highest BCUT2D eigenvalue weighted by atomic mass is 31.1. The van der Waals surface area contributed by atoms with Crippen molar-refractivity contribution in [3.05, 3.63) is 35.1 Å². The average Bonchev–Trinajstić information content (AvgIpc) is 2.13. The summed E-state index contributed by atoms with van der Waals surface area (Å²) in [5.74, 6) is 3.84. The lowest BCUT2D eigenvalue weighted by Crippen LogP contribution is -1.97. The van der Waals surface area contributed by atoms with E-state index in [4.69, 9.17) is 11.0 Å².